The van der Waals surface area contributed by atoms with Crippen LogP contribution in [-0.4, -0.2) is 26.9 Å². The van der Waals surface area contributed by atoms with Crippen LogP contribution < -0.4 is 0 Å². The molecule has 0 fully saturated rings. The van der Waals surface area contributed by atoms with E-state index >= 15 is 0 Å². The molecule has 0 N–H and O–H groups in total. The molecule has 0 saturated heterocycles. The van der Waals surface area contributed by atoms with Crippen LogP contribution >= 0.6 is 15.9 Å². The third kappa shape index (κ3) is 3.69. The molecule has 0 amide bonds. The van der Waals surface area contributed by atoms with Gasteiger partial charge in [0.25, 0.3) is 0 Å². The lowest BCUT2D eigenvalue weighted by Gasteiger charge is -2.19. The SMILES string of the molecule is CC(=O)c1cn(CC(=O)OC(C)(C)C)c2cnc(Br)cc12. The number of hydrogen-bond acceptors (Lipinski definition) is 4. The van der Waals surface area contributed by atoms with E-state index in [2.05, 4.69) is 20.9 Å². The largest absolute Gasteiger partial charge is 0.459 e. The van der Waals surface area contributed by atoms with Crippen LogP contribution in [0.5, 0.6) is 0 Å². The number of aromatic nitrogens is 2. The summed E-state index contributed by atoms with van der Waals surface area (Å²) in [4.78, 5) is 27.8. The van der Waals surface area contributed by atoms with Crippen molar-refractivity contribution in [2.75, 3.05) is 0 Å². The molecule has 0 aliphatic rings. The number of carbonyl (C=O) groups is 2. The van der Waals surface area contributed by atoms with Crippen molar-refractivity contribution in [3.05, 3.63) is 28.6 Å². The lowest BCUT2D eigenvalue weighted by atomic mass is 10.1. The van der Waals surface area contributed by atoms with Crippen molar-refractivity contribution in [2.45, 2.75) is 39.8 Å². The number of pyridine rings is 1. The van der Waals surface area contributed by atoms with Gasteiger partial charge in [0.1, 0.15) is 16.7 Å². The molecule has 0 saturated carbocycles. The summed E-state index contributed by atoms with van der Waals surface area (Å²) in [5.74, 6) is -0.404. The van der Waals surface area contributed by atoms with Gasteiger partial charge in [0.2, 0.25) is 0 Å². The van der Waals surface area contributed by atoms with E-state index in [-0.39, 0.29) is 18.3 Å². The van der Waals surface area contributed by atoms with Gasteiger partial charge in [0.15, 0.2) is 5.78 Å². The molecule has 0 radical (unpaired) electrons. The Labute approximate surface area is 131 Å². The summed E-state index contributed by atoms with van der Waals surface area (Å²) in [5, 5.41) is 0.771. The lowest BCUT2D eigenvalue weighted by Crippen LogP contribution is -2.26. The monoisotopic (exact) mass is 352 g/mol. The summed E-state index contributed by atoms with van der Waals surface area (Å²) in [7, 11) is 0. The molecular weight excluding hydrogens is 336 g/mol. The van der Waals surface area contributed by atoms with E-state index in [0.29, 0.717) is 10.2 Å². The van der Waals surface area contributed by atoms with Crippen LogP contribution in [0.25, 0.3) is 10.9 Å². The molecular formula is C15H17BrN2O3. The number of esters is 1. The molecule has 6 heteroatoms. The second kappa shape index (κ2) is 5.60. The quantitative estimate of drug-likeness (QED) is 0.482. The number of rotatable bonds is 3. The zero-order valence-corrected chi connectivity index (χ0v) is 14.0. The van der Waals surface area contributed by atoms with E-state index in [1.807, 2.05) is 20.8 Å². The number of fused-ring (bicyclic) bond motifs is 1. The summed E-state index contributed by atoms with van der Waals surface area (Å²) in [5.41, 5.74) is 0.760. The molecule has 2 heterocycles. The van der Waals surface area contributed by atoms with Gasteiger partial charge in [-0.05, 0) is 49.7 Å². The smallest absolute Gasteiger partial charge is 0.326 e. The average Bonchev–Trinajstić information content (AvgIpc) is 2.64. The van der Waals surface area contributed by atoms with Crippen molar-refractivity contribution in [1.82, 2.24) is 9.55 Å². The summed E-state index contributed by atoms with van der Waals surface area (Å²) in [6, 6.07) is 1.78. The predicted molar refractivity (Wildman–Crippen MR) is 83.3 cm³/mol. The number of ketones is 1. The van der Waals surface area contributed by atoms with Gasteiger partial charge >= 0.3 is 5.97 Å². The molecule has 112 valence electrons. The van der Waals surface area contributed by atoms with E-state index < -0.39 is 5.60 Å². The fourth-order valence-corrected chi connectivity index (χ4v) is 2.42. The maximum Gasteiger partial charge on any atom is 0.326 e. The van der Waals surface area contributed by atoms with Gasteiger partial charge < -0.3 is 9.30 Å². The molecule has 0 spiro atoms. The van der Waals surface area contributed by atoms with Gasteiger partial charge in [-0.3, -0.25) is 9.59 Å². The van der Waals surface area contributed by atoms with Crippen molar-refractivity contribution in [3.63, 3.8) is 0 Å². The summed E-state index contributed by atoms with van der Waals surface area (Å²) in [6.45, 7) is 7.00. The number of carbonyl (C=O) groups excluding carboxylic acids is 2. The standard InChI is InChI=1S/C15H17BrN2O3/c1-9(19)11-7-18(8-14(20)21-15(2,3)4)12-6-17-13(16)5-10(11)12/h5-7H,8H2,1-4H3. The molecule has 2 rings (SSSR count). The van der Waals surface area contributed by atoms with Crippen LogP contribution in [0.15, 0.2) is 23.1 Å². The van der Waals surface area contributed by atoms with Crippen LogP contribution in [0.1, 0.15) is 38.1 Å². The Hall–Kier alpha value is -1.69. The minimum atomic E-state index is -0.537. The number of ether oxygens (including phenoxy) is 1. The second-order valence-corrected chi connectivity index (χ2v) is 6.65. The molecule has 0 bridgehead atoms. The number of hydrogen-bond donors (Lipinski definition) is 0. The molecule has 21 heavy (non-hydrogen) atoms. The van der Waals surface area contributed by atoms with Crippen molar-refractivity contribution in [2.24, 2.45) is 0 Å². The van der Waals surface area contributed by atoms with Crippen LogP contribution in [0.4, 0.5) is 0 Å². The number of nitrogens with zero attached hydrogens (tertiary/aromatic N) is 2. The second-order valence-electron chi connectivity index (χ2n) is 5.84. The van der Waals surface area contributed by atoms with E-state index in [9.17, 15) is 9.59 Å². The Morgan fingerprint density at radius 1 is 1.38 bits per heavy atom. The minimum absolute atomic E-state index is 0.0460. The first-order valence-corrected chi connectivity index (χ1v) is 7.34. The van der Waals surface area contributed by atoms with Crippen molar-refractivity contribution in [3.8, 4) is 0 Å². The predicted octanol–water partition coefficient (Wildman–Crippen LogP) is 3.34. The first-order valence-electron chi connectivity index (χ1n) is 6.54. The summed E-state index contributed by atoms with van der Waals surface area (Å²) < 4.78 is 7.65. The fourth-order valence-electron chi connectivity index (χ4n) is 2.09. The summed E-state index contributed by atoms with van der Waals surface area (Å²) in [6.07, 6.45) is 3.31. The van der Waals surface area contributed by atoms with Gasteiger partial charge in [-0.1, -0.05) is 0 Å². The van der Waals surface area contributed by atoms with Crippen LogP contribution in [0, 0.1) is 0 Å². The Kier molecular flexibility index (Phi) is 4.18. The van der Waals surface area contributed by atoms with Gasteiger partial charge in [-0.25, -0.2) is 4.98 Å². The first-order chi connectivity index (χ1) is 9.67. The molecule has 0 aliphatic heterocycles. The Bertz CT molecular complexity index is 714. The molecule has 2 aromatic heterocycles. The third-order valence-corrected chi connectivity index (χ3v) is 3.27. The topological polar surface area (TPSA) is 61.2 Å². The fraction of sp³-hybridized carbons (Fsp3) is 0.400. The van der Waals surface area contributed by atoms with Gasteiger partial charge in [0, 0.05) is 17.1 Å². The highest BCUT2D eigenvalue weighted by Gasteiger charge is 2.19. The molecule has 0 aliphatic carbocycles. The maximum absolute atomic E-state index is 12.0. The lowest BCUT2D eigenvalue weighted by molar-refractivity contribution is -0.155. The number of Topliss-reactive ketones (excluding diaryl/α,β-unsaturated/α-hetero) is 1. The van der Waals surface area contributed by atoms with Crippen molar-refractivity contribution < 1.29 is 14.3 Å². The van der Waals surface area contributed by atoms with Crippen LogP contribution in [0.2, 0.25) is 0 Å². The zero-order chi connectivity index (χ0) is 15.8. The molecule has 0 unspecified atom stereocenters. The van der Waals surface area contributed by atoms with E-state index in [1.165, 1.54) is 6.92 Å². The third-order valence-electron chi connectivity index (χ3n) is 2.83. The Balaban J connectivity index is 2.41. The van der Waals surface area contributed by atoms with Crippen molar-refractivity contribution >= 4 is 38.6 Å². The minimum Gasteiger partial charge on any atom is -0.459 e. The zero-order valence-electron chi connectivity index (χ0n) is 12.4. The molecule has 5 nitrogen and oxygen atoms in total. The van der Waals surface area contributed by atoms with Gasteiger partial charge in [0.05, 0.1) is 11.7 Å². The van der Waals surface area contributed by atoms with Crippen LogP contribution in [-0.2, 0) is 16.1 Å². The van der Waals surface area contributed by atoms with E-state index in [0.717, 1.165) is 10.9 Å². The van der Waals surface area contributed by atoms with Crippen molar-refractivity contribution in [1.29, 1.82) is 0 Å². The van der Waals surface area contributed by atoms with Gasteiger partial charge in [-0.2, -0.15) is 0 Å². The molecule has 0 atom stereocenters. The highest BCUT2D eigenvalue weighted by molar-refractivity contribution is 9.10. The van der Waals surface area contributed by atoms with E-state index in [1.54, 1.807) is 23.0 Å². The Morgan fingerprint density at radius 2 is 2.05 bits per heavy atom. The highest BCUT2D eigenvalue weighted by atomic mass is 79.9. The first kappa shape index (κ1) is 15.7. The Morgan fingerprint density at radius 3 is 2.62 bits per heavy atom. The summed E-state index contributed by atoms with van der Waals surface area (Å²) >= 11 is 3.29. The molecule has 2 aromatic rings. The highest BCUT2D eigenvalue weighted by Crippen LogP contribution is 2.24. The average molecular weight is 353 g/mol. The molecule has 0 aromatic carbocycles. The number of halogens is 1. The van der Waals surface area contributed by atoms with E-state index in [4.69, 9.17) is 4.74 Å². The maximum atomic E-state index is 12.0. The van der Waals surface area contributed by atoms with Gasteiger partial charge in [-0.15, -0.1) is 0 Å². The normalized spacial score (nSPS) is 11.7. The van der Waals surface area contributed by atoms with Crippen LogP contribution in [0.3, 0.4) is 0 Å².